The van der Waals surface area contributed by atoms with E-state index in [1.807, 2.05) is 0 Å². The summed E-state index contributed by atoms with van der Waals surface area (Å²) in [6, 6.07) is 7.03. The number of methoxy groups -OCH3 is 1. The molecule has 0 aliphatic rings. The third kappa shape index (κ3) is 4.10. The van der Waals surface area contributed by atoms with Crippen molar-refractivity contribution in [2.24, 2.45) is 0 Å². The third-order valence-electron chi connectivity index (χ3n) is 2.17. The van der Waals surface area contributed by atoms with Crippen molar-refractivity contribution in [1.29, 1.82) is 0 Å². The molecule has 90 valence electrons. The molecular weight excluding hydrogens is 218 g/mol. The Morgan fingerprint density at radius 1 is 1.18 bits per heavy atom. The van der Waals surface area contributed by atoms with Crippen molar-refractivity contribution in [2.75, 3.05) is 12.4 Å². The van der Waals surface area contributed by atoms with Gasteiger partial charge in [0.05, 0.1) is 7.11 Å². The predicted molar refractivity (Wildman–Crippen MR) is 65.8 cm³/mol. The number of ether oxygens (including phenoxy) is 1. The van der Waals surface area contributed by atoms with Gasteiger partial charge in [-0.3, -0.25) is 4.79 Å². The molecule has 0 aliphatic heterocycles. The molecular formula is C13H15NO3. The molecule has 0 saturated carbocycles. The zero-order valence-corrected chi connectivity index (χ0v) is 10.1. The second-order valence-corrected chi connectivity index (χ2v) is 3.61. The standard InChI is InChI=1S/C13H15NO3/c1-9(8-13(16)17-3)14-12-6-4-11(5-7-12)10(2)15/h4-8,14H,1-3H3/b9-8-. The van der Waals surface area contributed by atoms with Gasteiger partial charge in [0.2, 0.25) is 0 Å². The van der Waals surface area contributed by atoms with Crippen LogP contribution in [-0.2, 0) is 9.53 Å². The van der Waals surface area contributed by atoms with Gasteiger partial charge < -0.3 is 10.1 Å². The number of benzene rings is 1. The highest BCUT2D eigenvalue weighted by molar-refractivity contribution is 5.94. The summed E-state index contributed by atoms with van der Waals surface area (Å²) in [5, 5.41) is 3.02. The Balaban J connectivity index is 2.72. The summed E-state index contributed by atoms with van der Waals surface area (Å²) < 4.78 is 4.51. The second-order valence-electron chi connectivity index (χ2n) is 3.61. The van der Waals surface area contributed by atoms with E-state index in [9.17, 15) is 9.59 Å². The SMILES string of the molecule is COC(=O)/C=C(/C)Nc1ccc(C(C)=O)cc1. The van der Waals surface area contributed by atoms with Crippen molar-refractivity contribution >= 4 is 17.4 Å². The van der Waals surface area contributed by atoms with Crippen LogP contribution in [0.25, 0.3) is 0 Å². The molecule has 4 nitrogen and oxygen atoms in total. The molecule has 0 fully saturated rings. The van der Waals surface area contributed by atoms with Crippen molar-refractivity contribution < 1.29 is 14.3 Å². The predicted octanol–water partition coefficient (Wildman–Crippen LogP) is 2.38. The van der Waals surface area contributed by atoms with Gasteiger partial charge in [-0.05, 0) is 38.1 Å². The van der Waals surface area contributed by atoms with Crippen molar-refractivity contribution in [1.82, 2.24) is 0 Å². The van der Waals surface area contributed by atoms with Gasteiger partial charge in [0, 0.05) is 23.0 Å². The van der Waals surface area contributed by atoms with Gasteiger partial charge in [-0.25, -0.2) is 4.79 Å². The minimum Gasteiger partial charge on any atom is -0.466 e. The van der Waals surface area contributed by atoms with Crippen LogP contribution in [0.3, 0.4) is 0 Å². The van der Waals surface area contributed by atoms with E-state index in [4.69, 9.17) is 0 Å². The van der Waals surface area contributed by atoms with Crippen molar-refractivity contribution in [3.8, 4) is 0 Å². The van der Waals surface area contributed by atoms with Crippen molar-refractivity contribution in [3.05, 3.63) is 41.6 Å². The highest BCUT2D eigenvalue weighted by Gasteiger charge is 2.00. The molecule has 0 bridgehead atoms. The number of hydrogen-bond donors (Lipinski definition) is 1. The third-order valence-corrected chi connectivity index (χ3v) is 2.17. The summed E-state index contributed by atoms with van der Waals surface area (Å²) in [5.74, 6) is -0.381. The maximum atomic E-state index is 11.1. The van der Waals surface area contributed by atoms with Crippen LogP contribution in [0.15, 0.2) is 36.0 Å². The first-order chi connectivity index (χ1) is 8.02. The summed E-state index contributed by atoms with van der Waals surface area (Å²) in [7, 11) is 1.33. The van der Waals surface area contributed by atoms with E-state index in [1.165, 1.54) is 20.1 Å². The number of anilines is 1. The molecule has 17 heavy (non-hydrogen) atoms. The van der Waals surface area contributed by atoms with Crippen LogP contribution in [0.5, 0.6) is 0 Å². The van der Waals surface area contributed by atoms with E-state index in [0.29, 0.717) is 11.3 Å². The lowest BCUT2D eigenvalue weighted by molar-refractivity contribution is -0.134. The van der Waals surface area contributed by atoms with Gasteiger partial charge in [-0.15, -0.1) is 0 Å². The maximum Gasteiger partial charge on any atom is 0.332 e. The Bertz CT molecular complexity index is 446. The molecule has 1 N–H and O–H groups in total. The summed E-state index contributed by atoms with van der Waals surface area (Å²) in [4.78, 5) is 22.0. The topological polar surface area (TPSA) is 55.4 Å². The van der Waals surface area contributed by atoms with Crippen molar-refractivity contribution in [2.45, 2.75) is 13.8 Å². The molecule has 0 aromatic heterocycles. The summed E-state index contributed by atoms with van der Waals surface area (Å²) in [6.07, 6.45) is 1.36. The van der Waals surface area contributed by atoms with Gasteiger partial charge in [-0.2, -0.15) is 0 Å². The number of carbonyl (C=O) groups excluding carboxylic acids is 2. The molecule has 1 aromatic carbocycles. The minimum atomic E-state index is -0.407. The fraction of sp³-hybridized carbons (Fsp3) is 0.231. The molecule has 0 atom stereocenters. The Morgan fingerprint density at radius 2 is 1.76 bits per heavy atom. The Morgan fingerprint density at radius 3 is 2.24 bits per heavy atom. The van der Waals surface area contributed by atoms with Crippen LogP contribution in [0.2, 0.25) is 0 Å². The average Bonchev–Trinajstić information content (AvgIpc) is 2.29. The van der Waals surface area contributed by atoms with Crippen LogP contribution in [-0.4, -0.2) is 18.9 Å². The summed E-state index contributed by atoms with van der Waals surface area (Å²) in [6.45, 7) is 3.28. The number of allylic oxidation sites excluding steroid dienone is 1. The van der Waals surface area contributed by atoms with Crippen LogP contribution in [0.1, 0.15) is 24.2 Å². The first-order valence-corrected chi connectivity index (χ1v) is 5.17. The lowest BCUT2D eigenvalue weighted by Gasteiger charge is -2.06. The second kappa shape index (κ2) is 5.84. The molecule has 1 rings (SSSR count). The molecule has 0 unspecified atom stereocenters. The number of carbonyl (C=O) groups is 2. The molecule has 0 radical (unpaired) electrons. The number of Topliss-reactive ketones (excluding diaryl/α,β-unsaturated/α-hetero) is 1. The van der Waals surface area contributed by atoms with Crippen LogP contribution < -0.4 is 5.32 Å². The van der Waals surface area contributed by atoms with Gasteiger partial charge in [0.25, 0.3) is 0 Å². The van der Waals surface area contributed by atoms with E-state index in [1.54, 1.807) is 31.2 Å². The first-order valence-electron chi connectivity index (χ1n) is 5.17. The maximum absolute atomic E-state index is 11.1. The first kappa shape index (κ1) is 13.0. The molecule has 0 amide bonds. The highest BCUT2D eigenvalue weighted by atomic mass is 16.5. The van der Waals surface area contributed by atoms with Crippen LogP contribution >= 0.6 is 0 Å². The zero-order chi connectivity index (χ0) is 12.8. The monoisotopic (exact) mass is 233 g/mol. The number of nitrogens with one attached hydrogen (secondary N) is 1. The van der Waals surface area contributed by atoms with E-state index >= 15 is 0 Å². The molecule has 0 aliphatic carbocycles. The van der Waals surface area contributed by atoms with Gasteiger partial charge in [0.1, 0.15) is 0 Å². The van der Waals surface area contributed by atoms with E-state index in [-0.39, 0.29) is 5.78 Å². The van der Waals surface area contributed by atoms with E-state index in [0.717, 1.165) is 5.69 Å². The number of rotatable bonds is 4. The largest absolute Gasteiger partial charge is 0.466 e. The normalized spacial score (nSPS) is 10.9. The van der Waals surface area contributed by atoms with Gasteiger partial charge in [0.15, 0.2) is 5.78 Å². The molecule has 0 heterocycles. The average molecular weight is 233 g/mol. The quantitative estimate of drug-likeness (QED) is 0.493. The molecule has 4 heteroatoms. The molecule has 0 saturated heterocycles. The summed E-state index contributed by atoms with van der Waals surface area (Å²) in [5.41, 5.74) is 2.14. The van der Waals surface area contributed by atoms with Gasteiger partial charge >= 0.3 is 5.97 Å². The summed E-state index contributed by atoms with van der Waals surface area (Å²) >= 11 is 0. The van der Waals surface area contributed by atoms with Gasteiger partial charge in [-0.1, -0.05) is 0 Å². The number of hydrogen-bond acceptors (Lipinski definition) is 4. The lowest BCUT2D eigenvalue weighted by atomic mass is 10.1. The van der Waals surface area contributed by atoms with Crippen molar-refractivity contribution in [3.63, 3.8) is 0 Å². The highest BCUT2D eigenvalue weighted by Crippen LogP contribution is 2.12. The van der Waals surface area contributed by atoms with E-state index in [2.05, 4.69) is 10.1 Å². The van der Waals surface area contributed by atoms with Crippen LogP contribution in [0, 0.1) is 0 Å². The number of esters is 1. The zero-order valence-electron chi connectivity index (χ0n) is 10.1. The smallest absolute Gasteiger partial charge is 0.332 e. The molecule has 0 spiro atoms. The van der Waals surface area contributed by atoms with E-state index < -0.39 is 5.97 Å². The van der Waals surface area contributed by atoms with Crippen LogP contribution in [0.4, 0.5) is 5.69 Å². The molecule has 1 aromatic rings. The fourth-order valence-electron chi connectivity index (χ4n) is 1.29. The minimum absolute atomic E-state index is 0.0263. The Hall–Kier alpha value is -2.10. The Labute approximate surface area is 100 Å². The fourth-order valence-corrected chi connectivity index (χ4v) is 1.29. The lowest BCUT2D eigenvalue weighted by Crippen LogP contribution is -2.02. The Kier molecular flexibility index (Phi) is 4.46. The number of ketones is 1.